The number of amides is 1. The van der Waals surface area contributed by atoms with Gasteiger partial charge in [0.25, 0.3) is 0 Å². The molecule has 4 nitrogen and oxygen atoms in total. The molecule has 0 saturated carbocycles. The number of carboxylic acid groups (broad SMARTS) is 1. The molecular formula is C12H13BrN2O2. The van der Waals surface area contributed by atoms with E-state index in [9.17, 15) is 4.79 Å². The Balaban J connectivity index is 1.72. The van der Waals surface area contributed by atoms with Crippen molar-refractivity contribution in [2.75, 3.05) is 24.5 Å². The summed E-state index contributed by atoms with van der Waals surface area (Å²) in [5.74, 6) is 0.509. The van der Waals surface area contributed by atoms with Gasteiger partial charge in [-0.3, -0.25) is 0 Å². The molecule has 2 saturated heterocycles. The van der Waals surface area contributed by atoms with E-state index in [2.05, 4.69) is 33.0 Å². The van der Waals surface area contributed by atoms with Crippen LogP contribution in [0, 0.1) is 5.92 Å². The van der Waals surface area contributed by atoms with E-state index in [0.29, 0.717) is 12.5 Å². The predicted octanol–water partition coefficient (Wildman–Crippen LogP) is 2.25. The number of benzene rings is 1. The van der Waals surface area contributed by atoms with Crippen LogP contribution in [0.4, 0.5) is 10.5 Å². The largest absolute Gasteiger partial charge is 0.465 e. The van der Waals surface area contributed by atoms with Crippen LogP contribution in [0.3, 0.4) is 0 Å². The minimum absolute atomic E-state index is 0.191. The van der Waals surface area contributed by atoms with E-state index in [0.717, 1.165) is 17.6 Å². The van der Waals surface area contributed by atoms with E-state index in [4.69, 9.17) is 5.11 Å². The van der Waals surface area contributed by atoms with Gasteiger partial charge in [0.15, 0.2) is 0 Å². The summed E-state index contributed by atoms with van der Waals surface area (Å²) in [5, 5.41) is 8.97. The molecule has 0 spiro atoms. The van der Waals surface area contributed by atoms with Crippen molar-refractivity contribution in [2.45, 2.75) is 6.04 Å². The van der Waals surface area contributed by atoms with Crippen LogP contribution in [0.1, 0.15) is 0 Å². The van der Waals surface area contributed by atoms with Gasteiger partial charge in [-0.2, -0.15) is 0 Å². The molecule has 0 aliphatic carbocycles. The second kappa shape index (κ2) is 3.91. The van der Waals surface area contributed by atoms with Gasteiger partial charge in [0, 0.05) is 35.7 Å². The summed E-state index contributed by atoms with van der Waals surface area (Å²) in [6, 6.07) is 8.37. The van der Waals surface area contributed by atoms with E-state index < -0.39 is 6.09 Å². The van der Waals surface area contributed by atoms with Crippen molar-refractivity contribution in [2.24, 2.45) is 5.92 Å². The van der Waals surface area contributed by atoms with Gasteiger partial charge in [-0.05, 0) is 24.3 Å². The quantitative estimate of drug-likeness (QED) is 0.864. The fraction of sp³-hybridized carbons (Fsp3) is 0.417. The Kier molecular flexibility index (Phi) is 2.50. The number of nitrogens with zero attached hydrogens (tertiary/aromatic N) is 2. The van der Waals surface area contributed by atoms with E-state index in [1.165, 1.54) is 5.69 Å². The Hall–Kier alpha value is -1.23. The Morgan fingerprint density at radius 2 is 1.94 bits per heavy atom. The van der Waals surface area contributed by atoms with E-state index in [1.54, 1.807) is 4.90 Å². The number of fused-ring (bicyclic) bond motifs is 1. The highest BCUT2D eigenvalue weighted by Crippen LogP contribution is 2.35. The molecular weight excluding hydrogens is 284 g/mol. The SMILES string of the molecule is O=C(O)N1C[C@@H]2CN(c3ccc(Br)cc3)C[C@@H]21. The van der Waals surface area contributed by atoms with Crippen molar-refractivity contribution in [1.29, 1.82) is 0 Å². The first kappa shape index (κ1) is 10.9. The highest BCUT2D eigenvalue weighted by Gasteiger charge is 2.47. The van der Waals surface area contributed by atoms with Gasteiger partial charge >= 0.3 is 6.09 Å². The maximum Gasteiger partial charge on any atom is 0.407 e. The fourth-order valence-electron chi connectivity index (χ4n) is 2.72. The molecule has 1 aromatic carbocycles. The summed E-state index contributed by atoms with van der Waals surface area (Å²) >= 11 is 3.41. The second-order valence-electron chi connectivity index (χ2n) is 4.64. The topological polar surface area (TPSA) is 43.8 Å². The van der Waals surface area contributed by atoms with Crippen molar-refractivity contribution in [1.82, 2.24) is 4.90 Å². The van der Waals surface area contributed by atoms with Gasteiger partial charge in [0.2, 0.25) is 0 Å². The van der Waals surface area contributed by atoms with Crippen LogP contribution in [0.25, 0.3) is 0 Å². The minimum Gasteiger partial charge on any atom is -0.465 e. The third kappa shape index (κ3) is 1.78. The van der Waals surface area contributed by atoms with Gasteiger partial charge in [-0.25, -0.2) is 4.79 Å². The summed E-state index contributed by atoms with van der Waals surface area (Å²) in [4.78, 5) is 14.7. The molecule has 2 heterocycles. The maximum absolute atomic E-state index is 10.9. The van der Waals surface area contributed by atoms with Crippen molar-refractivity contribution < 1.29 is 9.90 Å². The van der Waals surface area contributed by atoms with E-state index in [1.807, 2.05) is 12.1 Å². The third-order valence-electron chi connectivity index (χ3n) is 3.68. The predicted molar refractivity (Wildman–Crippen MR) is 68.4 cm³/mol. The summed E-state index contributed by atoms with van der Waals surface area (Å²) in [7, 11) is 0. The Labute approximate surface area is 108 Å². The Morgan fingerprint density at radius 3 is 2.59 bits per heavy atom. The lowest BCUT2D eigenvalue weighted by atomic mass is 9.93. The maximum atomic E-state index is 10.9. The summed E-state index contributed by atoms with van der Waals surface area (Å²) < 4.78 is 1.07. The first-order valence-electron chi connectivity index (χ1n) is 5.65. The molecule has 2 fully saturated rings. The van der Waals surface area contributed by atoms with Crippen LogP contribution in [-0.2, 0) is 0 Å². The molecule has 0 aromatic heterocycles. The zero-order valence-electron chi connectivity index (χ0n) is 9.21. The molecule has 2 aliphatic heterocycles. The number of anilines is 1. The first-order chi connectivity index (χ1) is 8.15. The normalized spacial score (nSPS) is 26.6. The van der Waals surface area contributed by atoms with Crippen LogP contribution in [0.2, 0.25) is 0 Å². The van der Waals surface area contributed by atoms with Crippen molar-refractivity contribution in [3.05, 3.63) is 28.7 Å². The van der Waals surface area contributed by atoms with Gasteiger partial charge < -0.3 is 14.9 Å². The molecule has 0 bridgehead atoms. The summed E-state index contributed by atoms with van der Waals surface area (Å²) in [6.07, 6.45) is -0.788. The minimum atomic E-state index is -0.788. The second-order valence-corrected chi connectivity index (χ2v) is 5.56. The number of hydrogen-bond donors (Lipinski definition) is 1. The van der Waals surface area contributed by atoms with Gasteiger partial charge in [0.1, 0.15) is 0 Å². The van der Waals surface area contributed by atoms with Crippen LogP contribution in [0.15, 0.2) is 28.7 Å². The zero-order chi connectivity index (χ0) is 12.0. The van der Waals surface area contributed by atoms with Crippen LogP contribution in [0.5, 0.6) is 0 Å². The summed E-state index contributed by atoms with van der Waals surface area (Å²) in [5.41, 5.74) is 1.17. The van der Waals surface area contributed by atoms with Crippen LogP contribution in [-0.4, -0.2) is 41.8 Å². The van der Waals surface area contributed by atoms with Crippen molar-refractivity contribution in [3.8, 4) is 0 Å². The molecule has 1 aromatic rings. The average Bonchev–Trinajstić information content (AvgIpc) is 2.58. The first-order valence-corrected chi connectivity index (χ1v) is 6.44. The lowest BCUT2D eigenvalue weighted by Gasteiger charge is -2.40. The third-order valence-corrected chi connectivity index (χ3v) is 4.20. The van der Waals surface area contributed by atoms with Crippen molar-refractivity contribution >= 4 is 27.7 Å². The van der Waals surface area contributed by atoms with Crippen LogP contribution < -0.4 is 4.90 Å². The molecule has 0 unspecified atom stereocenters. The molecule has 2 aliphatic rings. The molecule has 3 rings (SSSR count). The molecule has 0 radical (unpaired) electrons. The van der Waals surface area contributed by atoms with Gasteiger partial charge in [-0.15, -0.1) is 0 Å². The standard InChI is InChI=1S/C12H13BrN2O2/c13-9-1-3-10(4-2-9)14-5-8-6-15(12(16)17)11(8)7-14/h1-4,8,11H,5-7H2,(H,16,17)/t8-,11-/m0/s1. The number of likely N-dealkylation sites (tertiary alicyclic amines) is 1. The molecule has 5 heteroatoms. The molecule has 1 N–H and O–H groups in total. The summed E-state index contributed by atoms with van der Waals surface area (Å²) in [6.45, 7) is 2.47. The molecule has 17 heavy (non-hydrogen) atoms. The van der Waals surface area contributed by atoms with Gasteiger partial charge in [0.05, 0.1) is 6.04 Å². The molecule has 2 atom stereocenters. The monoisotopic (exact) mass is 296 g/mol. The van der Waals surface area contributed by atoms with Gasteiger partial charge in [-0.1, -0.05) is 15.9 Å². The number of halogens is 1. The van der Waals surface area contributed by atoms with E-state index in [-0.39, 0.29) is 6.04 Å². The van der Waals surface area contributed by atoms with Crippen molar-refractivity contribution in [3.63, 3.8) is 0 Å². The van der Waals surface area contributed by atoms with Crippen LogP contribution >= 0.6 is 15.9 Å². The van der Waals surface area contributed by atoms with E-state index >= 15 is 0 Å². The lowest BCUT2D eigenvalue weighted by Crippen LogP contribution is -2.57. The lowest BCUT2D eigenvalue weighted by molar-refractivity contribution is 0.0507. The molecule has 90 valence electrons. The highest BCUT2D eigenvalue weighted by atomic mass is 79.9. The smallest absolute Gasteiger partial charge is 0.407 e. The zero-order valence-corrected chi connectivity index (χ0v) is 10.8. The Morgan fingerprint density at radius 1 is 1.24 bits per heavy atom. The highest BCUT2D eigenvalue weighted by molar-refractivity contribution is 9.10. The number of carbonyl (C=O) groups is 1. The number of rotatable bonds is 1. The number of hydrogen-bond acceptors (Lipinski definition) is 2. The Bertz CT molecular complexity index is 448. The fourth-order valence-corrected chi connectivity index (χ4v) is 2.98. The average molecular weight is 297 g/mol. The molecule has 1 amide bonds.